The first kappa shape index (κ1) is 18.2. The van der Waals surface area contributed by atoms with Crippen molar-refractivity contribution < 1.29 is 9.59 Å². The topological polar surface area (TPSA) is 58.2 Å². The lowest BCUT2D eigenvalue weighted by Gasteiger charge is -2.13. The zero-order valence-electron chi connectivity index (χ0n) is 14.9. The fraction of sp³-hybridized carbons (Fsp3) is 0.368. The van der Waals surface area contributed by atoms with Gasteiger partial charge in [0.1, 0.15) is 0 Å². The summed E-state index contributed by atoms with van der Waals surface area (Å²) in [5, 5.41) is 5.58. The van der Waals surface area contributed by atoms with Gasteiger partial charge < -0.3 is 10.6 Å². The normalized spacial score (nSPS) is 10.5. The fourth-order valence-electron chi connectivity index (χ4n) is 2.79. The molecule has 2 amide bonds. The lowest BCUT2D eigenvalue weighted by atomic mass is 10.1. The number of aryl methyl sites for hydroxylation is 5. The minimum atomic E-state index is -0.220. The van der Waals surface area contributed by atoms with Gasteiger partial charge in [-0.2, -0.15) is 0 Å². The van der Waals surface area contributed by atoms with Crippen molar-refractivity contribution in [3.05, 3.63) is 50.2 Å². The molecule has 2 aromatic rings. The summed E-state index contributed by atoms with van der Waals surface area (Å²) in [7, 11) is 0. The quantitative estimate of drug-likeness (QED) is 0.864. The van der Waals surface area contributed by atoms with Crippen molar-refractivity contribution in [2.24, 2.45) is 0 Å². The van der Waals surface area contributed by atoms with E-state index < -0.39 is 0 Å². The van der Waals surface area contributed by atoms with Gasteiger partial charge in [0.15, 0.2) is 0 Å². The first-order chi connectivity index (χ1) is 11.3. The van der Waals surface area contributed by atoms with E-state index in [9.17, 15) is 9.59 Å². The van der Waals surface area contributed by atoms with E-state index >= 15 is 0 Å². The zero-order chi connectivity index (χ0) is 17.9. The van der Waals surface area contributed by atoms with E-state index in [1.54, 1.807) is 0 Å². The van der Waals surface area contributed by atoms with Crippen molar-refractivity contribution in [3.8, 4) is 0 Å². The lowest BCUT2D eigenvalue weighted by molar-refractivity contribution is -0.115. The van der Waals surface area contributed by atoms with Crippen molar-refractivity contribution in [2.45, 2.75) is 41.0 Å². The van der Waals surface area contributed by atoms with Gasteiger partial charge >= 0.3 is 0 Å². The Morgan fingerprint density at radius 1 is 1.00 bits per heavy atom. The third kappa shape index (κ3) is 4.23. The second-order valence-corrected chi connectivity index (χ2v) is 7.21. The van der Waals surface area contributed by atoms with Gasteiger partial charge in [-0.25, -0.2) is 0 Å². The Kier molecular flexibility index (Phi) is 5.78. The highest BCUT2D eigenvalue weighted by atomic mass is 32.1. The van der Waals surface area contributed by atoms with Gasteiger partial charge in [-0.3, -0.25) is 9.59 Å². The molecule has 0 aliphatic carbocycles. The molecule has 0 aliphatic rings. The Hall–Kier alpha value is -2.14. The molecule has 0 aliphatic heterocycles. The van der Waals surface area contributed by atoms with Gasteiger partial charge in [-0.15, -0.1) is 11.3 Å². The first-order valence-corrected chi connectivity index (χ1v) is 8.88. The minimum absolute atomic E-state index is 0.0377. The van der Waals surface area contributed by atoms with Crippen LogP contribution in [0.3, 0.4) is 0 Å². The number of anilines is 1. The van der Waals surface area contributed by atoms with Crippen LogP contribution in [0.15, 0.2) is 18.2 Å². The van der Waals surface area contributed by atoms with Crippen LogP contribution in [0.1, 0.15) is 43.7 Å². The summed E-state index contributed by atoms with van der Waals surface area (Å²) in [4.78, 5) is 26.2. The molecule has 5 heteroatoms. The molecule has 0 saturated heterocycles. The van der Waals surface area contributed by atoms with Gasteiger partial charge in [0.2, 0.25) is 5.91 Å². The number of carbonyl (C=O) groups excluding carboxylic acids is 2. The van der Waals surface area contributed by atoms with E-state index in [-0.39, 0.29) is 18.4 Å². The second-order valence-electron chi connectivity index (χ2n) is 6.07. The van der Waals surface area contributed by atoms with Gasteiger partial charge in [0.25, 0.3) is 5.91 Å². The van der Waals surface area contributed by atoms with Gasteiger partial charge in [0, 0.05) is 10.6 Å². The van der Waals surface area contributed by atoms with Gasteiger partial charge in [-0.05, 0) is 56.9 Å². The molecule has 1 aromatic heterocycles. The van der Waals surface area contributed by atoms with Crippen LogP contribution < -0.4 is 10.6 Å². The first-order valence-electron chi connectivity index (χ1n) is 8.07. The number of thiophene rings is 1. The number of amides is 2. The van der Waals surface area contributed by atoms with Crippen molar-refractivity contribution in [1.82, 2.24) is 5.32 Å². The van der Waals surface area contributed by atoms with E-state index in [0.717, 1.165) is 34.4 Å². The summed E-state index contributed by atoms with van der Waals surface area (Å²) >= 11 is 1.49. The smallest absolute Gasteiger partial charge is 0.261 e. The SMILES string of the molecule is CCc1sc(C(=O)NCC(=O)Nc2c(C)cc(C)cc2C)cc1C. The molecular weight excluding hydrogens is 320 g/mol. The third-order valence-electron chi connectivity index (χ3n) is 3.92. The van der Waals surface area contributed by atoms with Crippen molar-refractivity contribution in [1.29, 1.82) is 0 Å². The summed E-state index contributed by atoms with van der Waals surface area (Å²) in [5.74, 6) is -0.419. The predicted octanol–water partition coefficient (Wildman–Crippen LogP) is 3.91. The van der Waals surface area contributed by atoms with Crippen LogP contribution in [0.5, 0.6) is 0 Å². The van der Waals surface area contributed by atoms with Crippen molar-refractivity contribution in [3.63, 3.8) is 0 Å². The Labute approximate surface area is 147 Å². The second kappa shape index (κ2) is 7.62. The average molecular weight is 344 g/mol. The standard InChI is InChI=1S/C19H24N2O2S/c1-6-15-12(3)9-16(24-15)19(23)20-10-17(22)21-18-13(4)7-11(2)8-14(18)5/h7-9H,6,10H2,1-5H3,(H,20,23)(H,21,22). The molecule has 0 atom stereocenters. The molecule has 0 radical (unpaired) electrons. The average Bonchev–Trinajstić information content (AvgIpc) is 2.89. The fourth-order valence-corrected chi connectivity index (χ4v) is 3.82. The van der Waals surface area contributed by atoms with Crippen LogP contribution in [0.2, 0.25) is 0 Å². The molecule has 1 heterocycles. The molecule has 1 aromatic carbocycles. The maximum absolute atomic E-state index is 12.2. The van der Waals surface area contributed by atoms with Crippen LogP contribution in [0, 0.1) is 27.7 Å². The van der Waals surface area contributed by atoms with E-state index in [2.05, 4.69) is 17.6 Å². The Morgan fingerprint density at radius 2 is 1.62 bits per heavy atom. The Balaban J connectivity index is 1.97. The number of rotatable bonds is 5. The predicted molar refractivity (Wildman–Crippen MR) is 100 cm³/mol. The minimum Gasteiger partial charge on any atom is -0.342 e. The molecule has 0 fully saturated rings. The molecule has 2 N–H and O–H groups in total. The van der Waals surface area contributed by atoms with Crippen LogP contribution in [-0.4, -0.2) is 18.4 Å². The molecule has 24 heavy (non-hydrogen) atoms. The number of hydrogen-bond donors (Lipinski definition) is 2. The highest BCUT2D eigenvalue weighted by Crippen LogP contribution is 2.23. The van der Waals surface area contributed by atoms with Crippen LogP contribution >= 0.6 is 11.3 Å². The number of hydrogen-bond acceptors (Lipinski definition) is 3. The molecule has 2 rings (SSSR count). The van der Waals surface area contributed by atoms with E-state index in [4.69, 9.17) is 0 Å². The summed E-state index contributed by atoms with van der Waals surface area (Å²) in [5.41, 5.74) is 5.15. The Morgan fingerprint density at radius 3 is 2.17 bits per heavy atom. The maximum atomic E-state index is 12.2. The Bertz CT molecular complexity index is 755. The van der Waals surface area contributed by atoms with E-state index in [1.165, 1.54) is 16.2 Å². The summed E-state index contributed by atoms with van der Waals surface area (Å²) in [6.07, 6.45) is 0.913. The molecule has 0 bridgehead atoms. The molecule has 0 spiro atoms. The summed E-state index contributed by atoms with van der Waals surface area (Å²) in [6.45, 7) is 10.00. The zero-order valence-corrected chi connectivity index (χ0v) is 15.7. The van der Waals surface area contributed by atoms with Crippen LogP contribution in [0.25, 0.3) is 0 Å². The van der Waals surface area contributed by atoms with Crippen LogP contribution in [-0.2, 0) is 11.2 Å². The highest BCUT2D eigenvalue weighted by Gasteiger charge is 2.14. The third-order valence-corrected chi connectivity index (χ3v) is 5.30. The molecule has 128 valence electrons. The summed E-state index contributed by atoms with van der Waals surface area (Å²) in [6, 6.07) is 5.94. The van der Waals surface area contributed by atoms with Crippen molar-refractivity contribution >= 4 is 28.8 Å². The molecule has 0 unspecified atom stereocenters. The highest BCUT2D eigenvalue weighted by molar-refractivity contribution is 7.14. The molecular formula is C19H24N2O2S. The monoisotopic (exact) mass is 344 g/mol. The van der Waals surface area contributed by atoms with Crippen molar-refractivity contribution in [2.75, 3.05) is 11.9 Å². The maximum Gasteiger partial charge on any atom is 0.261 e. The number of benzene rings is 1. The van der Waals surface area contributed by atoms with Gasteiger partial charge in [-0.1, -0.05) is 24.6 Å². The number of nitrogens with one attached hydrogen (secondary N) is 2. The lowest BCUT2D eigenvalue weighted by Crippen LogP contribution is -2.32. The molecule has 4 nitrogen and oxygen atoms in total. The number of carbonyl (C=O) groups is 2. The van der Waals surface area contributed by atoms with Gasteiger partial charge in [0.05, 0.1) is 11.4 Å². The van der Waals surface area contributed by atoms with E-state index in [1.807, 2.05) is 45.9 Å². The molecule has 0 saturated carbocycles. The largest absolute Gasteiger partial charge is 0.342 e. The van der Waals surface area contributed by atoms with E-state index in [0.29, 0.717) is 4.88 Å². The summed E-state index contributed by atoms with van der Waals surface area (Å²) < 4.78 is 0. The van der Waals surface area contributed by atoms with Crippen LogP contribution in [0.4, 0.5) is 5.69 Å².